The summed E-state index contributed by atoms with van der Waals surface area (Å²) in [7, 11) is 0. The molecule has 0 aliphatic carbocycles. The first kappa shape index (κ1) is 14.1. The molecule has 0 atom stereocenters. The second-order valence-electron chi connectivity index (χ2n) is 5.29. The van der Waals surface area contributed by atoms with E-state index in [1.54, 1.807) is 4.57 Å². The number of imidazole rings is 1. The van der Waals surface area contributed by atoms with E-state index in [0.717, 1.165) is 42.1 Å². The third-order valence-electron chi connectivity index (χ3n) is 3.81. The van der Waals surface area contributed by atoms with E-state index in [9.17, 15) is 13.2 Å². The summed E-state index contributed by atoms with van der Waals surface area (Å²) in [6.45, 7) is 0.992. The van der Waals surface area contributed by atoms with Gasteiger partial charge in [0.05, 0.1) is 0 Å². The first-order valence-corrected chi connectivity index (χ1v) is 6.95. The van der Waals surface area contributed by atoms with Crippen LogP contribution in [0.5, 0.6) is 0 Å². The average Bonchev–Trinajstić information content (AvgIpc) is 2.84. The van der Waals surface area contributed by atoms with Gasteiger partial charge in [0.15, 0.2) is 5.69 Å². The molecular weight excluding hydrogens is 279 g/mol. The SMILES string of the molecule is NCc1ccc2c(c1)CCCCn1cc(C(F)(F)F)nc1-2. The minimum absolute atomic E-state index is 0.403. The van der Waals surface area contributed by atoms with E-state index < -0.39 is 11.9 Å². The molecule has 0 saturated carbocycles. The van der Waals surface area contributed by atoms with Gasteiger partial charge < -0.3 is 10.3 Å². The lowest BCUT2D eigenvalue weighted by Gasteiger charge is -2.16. The van der Waals surface area contributed by atoms with Crippen molar-refractivity contribution in [3.05, 3.63) is 41.2 Å². The van der Waals surface area contributed by atoms with Crippen molar-refractivity contribution >= 4 is 0 Å². The fourth-order valence-electron chi connectivity index (χ4n) is 2.73. The van der Waals surface area contributed by atoms with Crippen LogP contribution >= 0.6 is 0 Å². The van der Waals surface area contributed by atoms with E-state index in [2.05, 4.69) is 4.98 Å². The number of aryl methyl sites for hydroxylation is 2. The normalized spacial score (nSPS) is 15.0. The summed E-state index contributed by atoms with van der Waals surface area (Å²) < 4.78 is 40.3. The second-order valence-corrected chi connectivity index (χ2v) is 5.29. The minimum atomic E-state index is -4.41. The average molecular weight is 295 g/mol. The molecule has 1 aliphatic rings. The number of fused-ring (bicyclic) bond motifs is 3. The molecule has 0 saturated heterocycles. The molecule has 2 N–H and O–H groups in total. The monoisotopic (exact) mass is 295 g/mol. The molecule has 6 heteroatoms. The highest BCUT2D eigenvalue weighted by molar-refractivity contribution is 5.62. The number of alkyl halides is 3. The summed E-state index contributed by atoms with van der Waals surface area (Å²) in [5, 5.41) is 0. The minimum Gasteiger partial charge on any atom is -0.330 e. The highest BCUT2D eigenvalue weighted by Crippen LogP contribution is 2.34. The van der Waals surface area contributed by atoms with Crippen molar-refractivity contribution in [1.29, 1.82) is 0 Å². The number of halogens is 3. The van der Waals surface area contributed by atoms with Crippen molar-refractivity contribution in [2.75, 3.05) is 0 Å². The zero-order chi connectivity index (χ0) is 15.0. The number of hydrogen-bond acceptors (Lipinski definition) is 2. The molecule has 0 spiro atoms. The van der Waals surface area contributed by atoms with Gasteiger partial charge in [0.2, 0.25) is 0 Å². The Balaban J connectivity index is 2.15. The third kappa shape index (κ3) is 2.68. The van der Waals surface area contributed by atoms with Gasteiger partial charge in [-0.2, -0.15) is 13.2 Å². The van der Waals surface area contributed by atoms with Gasteiger partial charge in [-0.15, -0.1) is 0 Å². The predicted molar refractivity (Wildman–Crippen MR) is 73.5 cm³/mol. The van der Waals surface area contributed by atoms with Crippen LogP contribution in [-0.4, -0.2) is 9.55 Å². The van der Waals surface area contributed by atoms with Crippen molar-refractivity contribution in [2.24, 2.45) is 5.73 Å². The van der Waals surface area contributed by atoms with E-state index in [1.807, 2.05) is 18.2 Å². The molecule has 0 bridgehead atoms. The molecule has 1 aromatic carbocycles. The second kappa shape index (κ2) is 5.18. The zero-order valence-electron chi connectivity index (χ0n) is 11.5. The largest absolute Gasteiger partial charge is 0.434 e. The van der Waals surface area contributed by atoms with Gasteiger partial charge in [0.1, 0.15) is 5.82 Å². The number of rotatable bonds is 1. The molecule has 3 nitrogen and oxygen atoms in total. The Morgan fingerprint density at radius 3 is 2.76 bits per heavy atom. The van der Waals surface area contributed by atoms with Gasteiger partial charge in [0.25, 0.3) is 0 Å². The first-order chi connectivity index (χ1) is 9.99. The Bertz CT molecular complexity index is 659. The summed E-state index contributed by atoms with van der Waals surface area (Å²) >= 11 is 0. The number of nitrogens with zero attached hydrogens (tertiary/aromatic N) is 2. The lowest BCUT2D eigenvalue weighted by molar-refractivity contribution is -0.140. The Morgan fingerprint density at radius 2 is 2.05 bits per heavy atom. The van der Waals surface area contributed by atoms with Crippen molar-refractivity contribution in [1.82, 2.24) is 9.55 Å². The molecule has 1 aliphatic heterocycles. The molecule has 2 aromatic rings. The lowest BCUT2D eigenvalue weighted by Crippen LogP contribution is -2.07. The fraction of sp³-hybridized carbons (Fsp3) is 0.400. The highest BCUT2D eigenvalue weighted by atomic mass is 19.4. The van der Waals surface area contributed by atoms with Crippen LogP contribution in [0.25, 0.3) is 11.4 Å². The quantitative estimate of drug-likeness (QED) is 0.876. The van der Waals surface area contributed by atoms with Gasteiger partial charge in [-0.25, -0.2) is 4.98 Å². The molecule has 1 aromatic heterocycles. The third-order valence-corrected chi connectivity index (χ3v) is 3.81. The maximum absolute atomic E-state index is 12.9. The molecule has 0 amide bonds. The van der Waals surface area contributed by atoms with Crippen LogP contribution in [-0.2, 0) is 25.7 Å². The van der Waals surface area contributed by atoms with Gasteiger partial charge in [-0.05, 0) is 30.4 Å². The molecule has 3 rings (SSSR count). The van der Waals surface area contributed by atoms with Gasteiger partial charge in [-0.3, -0.25) is 0 Å². The number of benzene rings is 1. The maximum atomic E-state index is 12.9. The van der Waals surface area contributed by atoms with Crippen LogP contribution < -0.4 is 5.73 Å². The van der Waals surface area contributed by atoms with Crippen LogP contribution in [0.15, 0.2) is 24.4 Å². The zero-order valence-corrected chi connectivity index (χ0v) is 11.5. The molecule has 0 unspecified atom stereocenters. The van der Waals surface area contributed by atoms with Gasteiger partial charge >= 0.3 is 6.18 Å². The lowest BCUT2D eigenvalue weighted by atomic mass is 9.97. The fourth-order valence-corrected chi connectivity index (χ4v) is 2.73. The van der Waals surface area contributed by atoms with E-state index >= 15 is 0 Å². The summed E-state index contributed by atoms with van der Waals surface area (Å²) in [5.41, 5.74) is 7.61. The van der Waals surface area contributed by atoms with E-state index in [0.29, 0.717) is 18.9 Å². The first-order valence-electron chi connectivity index (χ1n) is 6.95. The molecule has 112 valence electrons. The standard InChI is InChI=1S/C15H16F3N3/c16-15(17,18)13-9-21-6-2-1-3-11-7-10(8-19)4-5-12(11)14(21)20-13/h4-5,7,9H,1-3,6,8,19H2. The Hall–Kier alpha value is -1.82. The van der Waals surface area contributed by atoms with Gasteiger partial charge in [0, 0.05) is 24.8 Å². The molecule has 0 fully saturated rings. The van der Waals surface area contributed by atoms with Crippen LogP contribution in [0.4, 0.5) is 13.2 Å². The van der Waals surface area contributed by atoms with Crippen molar-refractivity contribution in [2.45, 2.75) is 38.5 Å². The van der Waals surface area contributed by atoms with Crippen molar-refractivity contribution < 1.29 is 13.2 Å². The summed E-state index contributed by atoms with van der Waals surface area (Å²) in [5.74, 6) is 0.403. The Morgan fingerprint density at radius 1 is 1.24 bits per heavy atom. The predicted octanol–water partition coefficient (Wildman–Crippen LogP) is 3.36. The maximum Gasteiger partial charge on any atom is 0.434 e. The van der Waals surface area contributed by atoms with Crippen molar-refractivity contribution in [3.8, 4) is 11.4 Å². The highest BCUT2D eigenvalue weighted by Gasteiger charge is 2.35. The number of hydrogen-bond donors (Lipinski definition) is 1. The molecule has 21 heavy (non-hydrogen) atoms. The molecule has 0 radical (unpaired) electrons. The number of aromatic nitrogens is 2. The summed E-state index contributed by atoms with van der Waals surface area (Å²) in [6, 6.07) is 5.67. The Labute approximate surface area is 120 Å². The molecule has 2 heterocycles. The van der Waals surface area contributed by atoms with Crippen LogP contribution in [0.2, 0.25) is 0 Å². The summed E-state index contributed by atoms with van der Waals surface area (Å²) in [6.07, 6.45) is -0.670. The van der Waals surface area contributed by atoms with Crippen molar-refractivity contribution in [3.63, 3.8) is 0 Å². The van der Waals surface area contributed by atoms with E-state index in [-0.39, 0.29) is 0 Å². The summed E-state index contributed by atoms with van der Waals surface area (Å²) in [4.78, 5) is 3.83. The number of nitrogens with two attached hydrogens (primary N) is 1. The van der Waals surface area contributed by atoms with E-state index in [4.69, 9.17) is 5.73 Å². The smallest absolute Gasteiger partial charge is 0.330 e. The molecular formula is C15H16F3N3. The Kier molecular flexibility index (Phi) is 3.49. The van der Waals surface area contributed by atoms with Crippen LogP contribution in [0.1, 0.15) is 29.7 Å². The van der Waals surface area contributed by atoms with Gasteiger partial charge in [-0.1, -0.05) is 18.2 Å². The van der Waals surface area contributed by atoms with E-state index in [1.165, 1.54) is 0 Å². The van der Waals surface area contributed by atoms with Crippen LogP contribution in [0.3, 0.4) is 0 Å². The van der Waals surface area contributed by atoms with Crippen LogP contribution in [0, 0.1) is 0 Å². The topological polar surface area (TPSA) is 43.8 Å².